The average molecular weight is 701 g/mol. The van der Waals surface area contributed by atoms with Crippen LogP contribution in [0.5, 0.6) is 0 Å². The van der Waals surface area contributed by atoms with Crippen molar-refractivity contribution >= 4 is 49.0 Å². The molecule has 0 radical (unpaired) electrons. The largest absolute Gasteiger partial charge is 0.306 e. The lowest BCUT2D eigenvalue weighted by molar-refractivity contribution is 1.19. The van der Waals surface area contributed by atoms with Gasteiger partial charge in [-0.25, -0.2) is 9.97 Å². The Morgan fingerprint density at radius 1 is 0.345 bits per heavy atom. The van der Waals surface area contributed by atoms with E-state index in [0.29, 0.717) is 5.82 Å². The predicted molar refractivity (Wildman–Crippen MR) is 228 cm³/mol. The summed E-state index contributed by atoms with van der Waals surface area (Å²) in [5, 5.41) is 5.89. The maximum atomic E-state index is 5.45. The molecule has 4 nitrogen and oxygen atoms in total. The first-order valence-corrected chi connectivity index (χ1v) is 18.6. The second-order valence-corrected chi connectivity index (χ2v) is 14.0. The van der Waals surface area contributed by atoms with Gasteiger partial charge in [0.15, 0.2) is 5.82 Å². The van der Waals surface area contributed by atoms with Gasteiger partial charge in [0.1, 0.15) is 0 Å². The van der Waals surface area contributed by atoms with Gasteiger partial charge < -0.3 is 4.40 Å². The van der Waals surface area contributed by atoms with Crippen molar-refractivity contribution in [3.8, 4) is 56.2 Å². The van der Waals surface area contributed by atoms with E-state index in [2.05, 4.69) is 168 Å². The molecule has 0 spiro atoms. The highest BCUT2D eigenvalue weighted by Crippen LogP contribution is 2.44. The lowest BCUT2D eigenvalue weighted by Crippen LogP contribution is -2.01. The minimum atomic E-state index is 0.689. The highest BCUT2D eigenvalue weighted by Gasteiger charge is 2.23. The number of nitrogens with zero attached hydrogens (tertiary/aromatic N) is 4. The van der Waals surface area contributed by atoms with E-state index in [4.69, 9.17) is 15.0 Å². The first-order chi connectivity index (χ1) is 27.3. The molecule has 0 bridgehead atoms. The molecule has 0 aliphatic heterocycles. The van der Waals surface area contributed by atoms with Gasteiger partial charge in [-0.15, -0.1) is 0 Å². The minimum absolute atomic E-state index is 0.689. The van der Waals surface area contributed by atoms with Gasteiger partial charge in [0.25, 0.3) is 0 Å². The fourth-order valence-corrected chi connectivity index (χ4v) is 8.21. The van der Waals surface area contributed by atoms with E-state index in [0.717, 1.165) is 72.4 Å². The van der Waals surface area contributed by atoms with Gasteiger partial charge in [0.05, 0.1) is 39.7 Å². The van der Waals surface area contributed by atoms with Gasteiger partial charge in [0, 0.05) is 33.2 Å². The van der Waals surface area contributed by atoms with Crippen LogP contribution in [0.15, 0.2) is 194 Å². The minimum Gasteiger partial charge on any atom is -0.306 e. The van der Waals surface area contributed by atoms with Crippen LogP contribution in [0.25, 0.3) is 105 Å². The summed E-state index contributed by atoms with van der Waals surface area (Å²) in [4.78, 5) is 15.8. The summed E-state index contributed by atoms with van der Waals surface area (Å²) < 4.78 is 2.35. The quantitative estimate of drug-likeness (QED) is 0.179. The van der Waals surface area contributed by atoms with Crippen LogP contribution >= 0.6 is 0 Å². The molecule has 0 aliphatic carbocycles. The Morgan fingerprint density at radius 3 is 1.58 bits per heavy atom. The zero-order chi connectivity index (χ0) is 36.3. The number of hydrogen-bond donors (Lipinski definition) is 0. The van der Waals surface area contributed by atoms with Gasteiger partial charge in [-0.1, -0.05) is 152 Å². The number of para-hydroxylation sites is 3. The molecule has 0 unspecified atom stereocenters. The zero-order valence-corrected chi connectivity index (χ0v) is 29.8. The average Bonchev–Trinajstić information content (AvgIpc) is 3.61. The highest BCUT2D eigenvalue weighted by molar-refractivity contribution is 6.09. The van der Waals surface area contributed by atoms with Crippen LogP contribution in [-0.4, -0.2) is 19.4 Å². The first-order valence-electron chi connectivity index (χ1n) is 18.6. The molecule has 256 valence electrons. The summed E-state index contributed by atoms with van der Waals surface area (Å²) in [6.07, 6.45) is 2.02. The third kappa shape index (κ3) is 5.19. The Hall–Kier alpha value is -7.43. The molecule has 0 aliphatic rings. The fourth-order valence-electron chi connectivity index (χ4n) is 8.21. The Morgan fingerprint density at radius 2 is 0.891 bits per heavy atom. The zero-order valence-electron chi connectivity index (χ0n) is 29.8. The van der Waals surface area contributed by atoms with Crippen molar-refractivity contribution in [2.45, 2.75) is 0 Å². The summed E-state index contributed by atoms with van der Waals surface area (Å²) in [5.41, 5.74) is 13.4. The van der Waals surface area contributed by atoms with Gasteiger partial charge in [-0.3, -0.25) is 4.98 Å². The molecule has 11 rings (SSSR count). The predicted octanol–water partition coefficient (Wildman–Crippen LogP) is 13.1. The van der Waals surface area contributed by atoms with Crippen molar-refractivity contribution in [3.05, 3.63) is 194 Å². The van der Waals surface area contributed by atoms with E-state index < -0.39 is 0 Å². The highest BCUT2D eigenvalue weighted by atomic mass is 14.9. The van der Waals surface area contributed by atoms with Crippen molar-refractivity contribution in [2.75, 3.05) is 0 Å². The molecule has 4 heteroatoms. The van der Waals surface area contributed by atoms with E-state index >= 15 is 0 Å². The maximum Gasteiger partial charge on any atom is 0.160 e. The van der Waals surface area contributed by atoms with Crippen molar-refractivity contribution in [1.29, 1.82) is 0 Å². The third-order valence-corrected chi connectivity index (χ3v) is 10.8. The van der Waals surface area contributed by atoms with E-state index in [1.54, 1.807) is 0 Å². The standard InChI is InChI=1S/C51H32N4/c1-2-15-35(16-3-1)51-53-49(40-27-25-33-13-4-6-17-36(33)29-40)48(50(54-51)41-28-26-34-14-5-7-18-37(34)30-41)39-20-12-19-38(31-39)47-42-21-8-10-23-44(42)55-45-24-11-9-22-43(45)52-32-46(47)55/h1-32H. The van der Waals surface area contributed by atoms with Crippen LogP contribution in [-0.2, 0) is 0 Å². The van der Waals surface area contributed by atoms with E-state index in [9.17, 15) is 0 Å². The van der Waals surface area contributed by atoms with Gasteiger partial charge in [0.2, 0.25) is 0 Å². The summed E-state index contributed by atoms with van der Waals surface area (Å²) >= 11 is 0. The van der Waals surface area contributed by atoms with E-state index in [1.807, 2.05) is 30.5 Å². The number of hydrogen-bond acceptors (Lipinski definition) is 3. The molecule has 8 aromatic carbocycles. The SMILES string of the molecule is c1ccc(-c2nc(-c3ccc4ccccc4c3)c(-c3cccc(-c4c5ccccc5n5c4cnc4ccccc45)c3)c(-c3ccc4ccccc4c3)n2)cc1. The maximum absolute atomic E-state index is 5.45. The summed E-state index contributed by atoms with van der Waals surface area (Å²) in [6.45, 7) is 0. The molecule has 0 fully saturated rings. The second kappa shape index (κ2) is 12.6. The summed E-state index contributed by atoms with van der Waals surface area (Å²) in [7, 11) is 0. The molecular formula is C51H32N4. The van der Waals surface area contributed by atoms with Gasteiger partial charge >= 0.3 is 0 Å². The molecule has 0 N–H and O–H groups in total. The summed E-state index contributed by atoms with van der Waals surface area (Å²) in [5.74, 6) is 0.689. The second-order valence-electron chi connectivity index (χ2n) is 14.0. The third-order valence-electron chi connectivity index (χ3n) is 10.8. The van der Waals surface area contributed by atoms with Crippen LogP contribution in [0.3, 0.4) is 0 Å². The van der Waals surface area contributed by atoms with E-state index in [-0.39, 0.29) is 0 Å². The monoisotopic (exact) mass is 700 g/mol. The molecule has 11 aromatic rings. The number of aromatic nitrogens is 4. The number of rotatable bonds is 5. The van der Waals surface area contributed by atoms with Crippen molar-refractivity contribution in [2.24, 2.45) is 0 Å². The van der Waals surface area contributed by atoms with Crippen LogP contribution < -0.4 is 0 Å². The van der Waals surface area contributed by atoms with Crippen molar-refractivity contribution in [3.63, 3.8) is 0 Å². The van der Waals surface area contributed by atoms with Gasteiger partial charge in [-0.05, 0) is 69.1 Å². The molecule has 0 atom stereocenters. The molecule has 55 heavy (non-hydrogen) atoms. The molecule has 0 saturated carbocycles. The number of fused-ring (bicyclic) bond motifs is 7. The molecule has 0 saturated heterocycles. The molecular weight excluding hydrogens is 669 g/mol. The summed E-state index contributed by atoms with van der Waals surface area (Å²) in [6, 6.07) is 66.5. The van der Waals surface area contributed by atoms with Crippen LogP contribution in [0.4, 0.5) is 0 Å². The fraction of sp³-hybridized carbons (Fsp3) is 0. The lowest BCUT2D eigenvalue weighted by Gasteiger charge is -2.18. The normalized spacial score (nSPS) is 11.6. The Balaban J connectivity index is 1.23. The van der Waals surface area contributed by atoms with Crippen LogP contribution in [0.1, 0.15) is 0 Å². The van der Waals surface area contributed by atoms with Crippen LogP contribution in [0, 0.1) is 0 Å². The lowest BCUT2D eigenvalue weighted by atomic mass is 9.90. The topological polar surface area (TPSA) is 43.1 Å². The van der Waals surface area contributed by atoms with Crippen molar-refractivity contribution in [1.82, 2.24) is 19.4 Å². The van der Waals surface area contributed by atoms with Crippen molar-refractivity contribution < 1.29 is 0 Å². The molecule has 3 heterocycles. The van der Waals surface area contributed by atoms with E-state index in [1.165, 1.54) is 26.9 Å². The molecule has 3 aromatic heterocycles. The first kappa shape index (κ1) is 31.1. The number of benzene rings is 8. The molecule has 0 amide bonds. The van der Waals surface area contributed by atoms with Gasteiger partial charge in [-0.2, -0.15) is 0 Å². The smallest absolute Gasteiger partial charge is 0.160 e. The Labute approximate surface area is 317 Å². The Bertz CT molecular complexity index is 3170. The van der Waals surface area contributed by atoms with Crippen LogP contribution in [0.2, 0.25) is 0 Å². The Kier molecular flexibility index (Phi) is 7.14.